The van der Waals surface area contributed by atoms with Gasteiger partial charge in [0.1, 0.15) is 0 Å². The zero-order valence-corrected chi connectivity index (χ0v) is 11.1. The largest absolute Gasteiger partial charge is 0.362 e. The Morgan fingerprint density at radius 2 is 1.71 bits per heavy atom. The lowest BCUT2D eigenvalue weighted by molar-refractivity contribution is 0.250. The summed E-state index contributed by atoms with van der Waals surface area (Å²) in [7, 11) is 0. The highest BCUT2D eigenvalue weighted by atomic mass is 32.1. The summed E-state index contributed by atoms with van der Waals surface area (Å²) in [4.78, 5) is 0. The SMILES string of the molecule is CC(C)NC(=S)NCC(C)(C)C(C)C. The molecule has 0 bridgehead atoms. The summed E-state index contributed by atoms with van der Waals surface area (Å²) < 4.78 is 0. The van der Waals surface area contributed by atoms with Crippen molar-refractivity contribution in [3.05, 3.63) is 0 Å². The molecule has 0 heterocycles. The van der Waals surface area contributed by atoms with Crippen LogP contribution in [0.2, 0.25) is 0 Å². The van der Waals surface area contributed by atoms with Gasteiger partial charge < -0.3 is 10.6 Å². The van der Waals surface area contributed by atoms with Crippen molar-refractivity contribution in [3.63, 3.8) is 0 Å². The van der Waals surface area contributed by atoms with Gasteiger partial charge in [-0.25, -0.2) is 0 Å². The molecule has 2 N–H and O–H groups in total. The predicted octanol–water partition coefficient (Wildman–Crippen LogP) is 2.54. The minimum absolute atomic E-state index is 0.280. The van der Waals surface area contributed by atoms with Gasteiger partial charge in [0.2, 0.25) is 0 Å². The molecule has 0 atom stereocenters. The Hall–Kier alpha value is -0.310. The van der Waals surface area contributed by atoms with Gasteiger partial charge >= 0.3 is 0 Å². The van der Waals surface area contributed by atoms with Crippen LogP contribution in [-0.4, -0.2) is 17.7 Å². The van der Waals surface area contributed by atoms with Crippen LogP contribution >= 0.6 is 12.2 Å². The van der Waals surface area contributed by atoms with E-state index in [4.69, 9.17) is 12.2 Å². The molecule has 0 radical (unpaired) electrons. The second-order valence-electron chi connectivity index (χ2n) is 5.12. The summed E-state index contributed by atoms with van der Waals surface area (Å²) in [6.45, 7) is 14.1. The molecule has 0 saturated heterocycles. The zero-order valence-electron chi connectivity index (χ0n) is 10.3. The second kappa shape index (κ2) is 5.54. The normalized spacial score (nSPS) is 12.0. The fraction of sp³-hybridized carbons (Fsp3) is 0.909. The van der Waals surface area contributed by atoms with Crippen molar-refractivity contribution in [2.24, 2.45) is 11.3 Å². The first-order chi connectivity index (χ1) is 6.25. The molecular weight excluding hydrogens is 192 g/mol. The highest BCUT2D eigenvalue weighted by Gasteiger charge is 2.22. The number of hydrogen-bond donors (Lipinski definition) is 2. The van der Waals surface area contributed by atoms with Crippen LogP contribution in [0.4, 0.5) is 0 Å². The second-order valence-corrected chi connectivity index (χ2v) is 5.53. The van der Waals surface area contributed by atoms with E-state index in [2.05, 4.69) is 52.2 Å². The molecule has 14 heavy (non-hydrogen) atoms. The molecule has 0 unspecified atom stereocenters. The average Bonchev–Trinajstić information content (AvgIpc) is 1.99. The maximum atomic E-state index is 5.16. The molecule has 0 aromatic rings. The van der Waals surface area contributed by atoms with E-state index in [0.29, 0.717) is 12.0 Å². The molecule has 0 spiro atoms. The number of thiocarbonyl (C=S) groups is 1. The molecular formula is C11H24N2S. The Balaban J connectivity index is 3.88. The van der Waals surface area contributed by atoms with E-state index in [-0.39, 0.29) is 5.41 Å². The Labute approximate surface area is 93.8 Å². The van der Waals surface area contributed by atoms with Gasteiger partial charge in [0.15, 0.2) is 5.11 Å². The van der Waals surface area contributed by atoms with Gasteiger partial charge in [0.05, 0.1) is 0 Å². The smallest absolute Gasteiger partial charge is 0.166 e. The number of hydrogen-bond acceptors (Lipinski definition) is 1. The first-order valence-electron chi connectivity index (χ1n) is 5.30. The van der Waals surface area contributed by atoms with E-state index < -0.39 is 0 Å². The first kappa shape index (κ1) is 13.7. The minimum Gasteiger partial charge on any atom is -0.362 e. The summed E-state index contributed by atoms with van der Waals surface area (Å²) in [5.41, 5.74) is 0.280. The molecule has 84 valence electrons. The van der Waals surface area contributed by atoms with Gasteiger partial charge in [-0.2, -0.15) is 0 Å². The molecule has 0 aliphatic rings. The monoisotopic (exact) mass is 216 g/mol. The summed E-state index contributed by atoms with van der Waals surface area (Å²) in [5.74, 6) is 0.650. The van der Waals surface area contributed by atoms with Crippen LogP contribution in [0, 0.1) is 11.3 Å². The van der Waals surface area contributed by atoms with Crippen molar-refractivity contribution < 1.29 is 0 Å². The van der Waals surface area contributed by atoms with Crippen molar-refractivity contribution >= 4 is 17.3 Å². The Bertz CT molecular complexity index is 186. The van der Waals surface area contributed by atoms with E-state index in [0.717, 1.165) is 11.7 Å². The Morgan fingerprint density at radius 3 is 2.07 bits per heavy atom. The van der Waals surface area contributed by atoms with E-state index >= 15 is 0 Å². The molecule has 0 amide bonds. The first-order valence-corrected chi connectivity index (χ1v) is 5.71. The van der Waals surface area contributed by atoms with Gasteiger partial charge in [-0.15, -0.1) is 0 Å². The molecule has 0 aliphatic heterocycles. The van der Waals surface area contributed by atoms with Gasteiger partial charge in [-0.3, -0.25) is 0 Å². The number of rotatable bonds is 4. The van der Waals surface area contributed by atoms with Crippen molar-refractivity contribution in [3.8, 4) is 0 Å². The maximum absolute atomic E-state index is 5.16. The van der Waals surface area contributed by atoms with Gasteiger partial charge in [-0.1, -0.05) is 27.7 Å². The van der Waals surface area contributed by atoms with Crippen molar-refractivity contribution in [2.75, 3.05) is 6.54 Å². The van der Waals surface area contributed by atoms with Crippen LogP contribution in [0.25, 0.3) is 0 Å². The lowest BCUT2D eigenvalue weighted by Crippen LogP contribution is -2.44. The van der Waals surface area contributed by atoms with Crippen LogP contribution in [0.3, 0.4) is 0 Å². The van der Waals surface area contributed by atoms with Gasteiger partial charge in [0, 0.05) is 12.6 Å². The minimum atomic E-state index is 0.280. The zero-order chi connectivity index (χ0) is 11.4. The maximum Gasteiger partial charge on any atom is 0.166 e. The van der Waals surface area contributed by atoms with E-state index in [1.54, 1.807) is 0 Å². The third kappa shape index (κ3) is 5.43. The standard InChI is InChI=1S/C11H24N2S/c1-8(2)11(5,6)7-12-10(14)13-9(3)4/h8-9H,7H2,1-6H3,(H2,12,13,14). The molecule has 0 aliphatic carbocycles. The topological polar surface area (TPSA) is 24.1 Å². The quantitative estimate of drug-likeness (QED) is 0.706. The van der Waals surface area contributed by atoms with Crippen molar-refractivity contribution in [1.82, 2.24) is 10.6 Å². The van der Waals surface area contributed by atoms with Crippen LogP contribution in [-0.2, 0) is 0 Å². The molecule has 0 saturated carbocycles. The molecule has 3 heteroatoms. The highest BCUT2D eigenvalue weighted by Crippen LogP contribution is 2.24. The van der Waals surface area contributed by atoms with Gasteiger partial charge in [-0.05, 0) is 37.4 Å². The Kier molecular flexibility index (Phi) is 5.42. The summed E-state index contributed by atoms with van der Waals surface area (Å²) in [6, 6.07) is 0.400. The lowest BCUT2D eigenvalue weighted by Gasteiger charge is -2.30. The summed E-state index contributed by atoms with van der Waals surface area (Å²) >= 11 is 5.16. The molecule has 0 fully saturated rings. The molecule has 0 aromatic heterocycles. The van der Waals surface area contributed by atoms with E-state index in [1.807, 2.05) is 0 Å². The van der Waals surface area contributed by atoms with Crippen LogP contribution < -0.4 is 10.6 Å². The number of nitrogens with one attached hydrogen (secondary N) is 2. The third-order valence-electron chi connectivity index (χ3n) is 2.69. The van der Waals surface area contributed by atoms with E-state index in [1.165, 1.54) is 0 Å². The fourth-order valence-corrected chi connectivity index (χ4v) is 1.13. The molecule has 2 nitrogen and oxygen atoms in total. The third-order valence-corrected chi connectivity index (χ3v) is 2.95. The van der Waals surface area contributed by atoms with Crippen molar-refractivity contribution in [1.29, 1.82) is 0 Å². The molecule has 0 aromatic carbocycles. The molecule has 0 rings (SSSR count). The average molecular weight is 216 g/mol. The summed E-state index contributed by atoms with van der Waals surface area (Å²) in [6.07, 6.45) is 0. The van der Waals surface area contributed by atoms with E-state index in [9.17, 15) is 0 Å². The van der Waals surface area contributed by atoms with Crippen LogP contribution in [0.1, 0.15) is 41.5 Å². The fourth-order valence-electron chi connectivity index (χ4n) is 0.825. The van der Waals surface area contributed by atoms with Crippen LogP contribution in [0.15, 0.2) is 0 Å². The predicted molar refractivity (Wildman–Crippen MR) is 67.5 cm³/mol. The van der Waals surface area contributed by atoms with Crippen molar-refractivity contribution in [2.45, 2.75) is 47.6 Å². The van der Waals surface area contributed by atoms with Gasteiger partial charge in [0.25, 0.3) is 0 Å². The lowest BCUT2D eigenvalue weighted by atomic mass is 9.81. The highest BCUT2D eigenvalue weighted by molar-refractivity contribution is 7.80. The van der Waals surface area contributed by atoms with Crippen LogP contribution in [0.5, 0.6) is 0 Å². The summed E-state index contributed by atoms with van der Waals surface area (Å²) in [5, 5.41) is 7.19. The Morgan fingerprint density at radius 1 is 1.21 bits per heavy atom.